The number of hydrogen-bond donors (Lipinski definition) is 1. The standard InChI is InChI=1S/C16H27N3OS/c1-11-7-8-13(21-11)14-17-12(2)15(20)19(14)10-16(3,4)9-18(5)6/h7-8,12,14,17H,9-10H2,1-6H3. The molecule has 1 aliphatic rings. The number of nitrogens with zero attached hydrogens (tertiary/aromatic N) is 2. The molecule has 1 N–H and O–H groups in total. The zero-order valence-electron chi connectivity index (χ0n) is 13.9. The predicted molar refractivity (Wildman–Crippen MR) is 88.4 cm³/mol. The van der Waals surface area contributed by atoms with Crippen LogP contribution in [-0.2, 0) is 4.79 Å². The van der Waals surface area contributed by atoms with E-state index >= 15 is 0 Å². The summed E-state index contributed by atoms with van der Waals surface area (Å²) in [6.07, 6.45) is 0.0210. The SMILES string of the molecule is Cc1ccc(C2NC(C)C(=O)N2CC(C)(C)CN(C)C)s1. The van der Waals surface area contributed by atoms with Gasteiger partial charge in [0.1, 0.15) is 6.17 Å². The average molecular weight is 309 g/mol. The maximum atomic E-state index is 12.5. The maximum absolute atomic E-state index is 12.5. The quantitative estimate of drug-likeness (QED) is 0.907. The predicted octanol–water partition coefficient (Wildman–Crippen LogP) is 2.46. The van der Waals surface area contributed by atoms with Gasteiger partial charge in [0.25, 0.3) is 0 Å². The summed E-state index contributed by atoms with van der Waals surface area (Å²) in [6, 6.07) is 4.15. The topological polar surface area (TPSA) is 35.6 Å². The number of carbonyl (C=O) groups excluding carboxylic acids is 1. The Morgan fingerprint density at radius 2 is 2.05 bits per heavy atom. The summed E-state index contributed by atoms with van der Waals surface area (Å²) in [7, 11) is 4.16. The van der Waals surface area contributed by atoms with Gasteiger partial charge < -0.3 is 9.80 Å². The van der Waals surface area contributed by atoms with E-state index in [-0.39, 0.29) is 23.5 Å². The van der Waals surface area contributed by atoms with Crippen molar-refractivity contribution in [1.82, 2.24) is 15.1 Å². The van der Waals surface area contributed by atoms with E-state index in [1.54, 1.807) is 11.3 Å². The molecule has 1 amide bonds. The van der Waals surface area contributed by atoms with Gasteiger partial charge in [-0.1, -0.05) is 13.8 Å². The Morgan fingerprint density at radius 1 is 1.38 bits per heavy atom. The molecule has 0 aliphatic carbocycles. The monoisotopic (exact) mass is 309 g/mol. The van der Waals surface area contributed by atoms with E-state index in [1.807, 2.05) is 11.8 Å². The highest BCUT2D eigenvalue weighted by Gasteiger charge is 2.40. The molecule has 0 aromatic carbocycles. The van der Waals surface area contributed by atoms with Crippen molar-refractivity contribution in [3.05, 3.63) is 21.9 Å². The molecule has 2 atom stereocenters. The van der Waals surface area contributed by atoms with Gasteiger partial charge in [0, 0.05) is 22.8 Å². The highest BCUT2D eigenvalue weighted by atomic mass is 32.1. The van der Waals surface area contributed by atoms with E-state index in [0.717, 1.165) is 13.1 Å². The van der Waals surface area contributed by atoms with Gasteiger partial charge in [0.05, 0.1) is 6.04 Å². The molecule has 1 aliphatic heterocycles. The number of nitrogens with one attached hydrogen (secondary N) is 1. The lowest BCUT2D eigenvalue weighted by atomic mass is 9.92. The first-order valence-electron chi connectivity index (χ1n) is 7.47. The molecular formula is C16H27N3OS. The lowest BCUT2D eigenvalue weighted by Gasteiger charge is -2.35. The third kappa shape index (κ3) is 3.84. The molecule has 2 heterocycles. The Bertz CT molecular complexity index is 509. The smallest absolute Gasteiger partial charge is 0.241 e. The van der Waals surface area contributed by atoms with Crippen molar-refractivity contribution in [3.63, 3.8) is 0 Å². The van der Waals surface area contributed by atoms with Gasteiger partial charge in [-0.05, 0) is 45.5 Å². The van der Waals surface area contributed by atoms with Crippen LogP contribution in [0.2, 0.25) is 0 Å². The lowest BCUT2D eigenvalue weighted by molar-refractivity contribution is -0.131. The van der Waals surface area contributed by atoms with Gasteiger partial charge in [0.15, 0.2) is 0 Å². The lowest BCUT2D eigenvalue weighted by Crippen LogP contribution is -2.42. The van der Waals surface area contributed by atoms with Crippen LogP contribution in [-0.4, -0.2) is 48.9 Å². The Balaban J connectivity index is 2.19. The summed E-state index contributed by atoms with van der Waals surface area (Å²) >= 11 is 1.77. The minimum absolute atomic E-state index is 0.0210. The van der Waals surface area contributed by atoms with Crippen molar-refractivity contribution >= 4 is 17.2 Å². The number of hydrogen-bond acceptors (Lipinski definition) is 4. The second-order valence-corrected chi connectivity index (χ2v) is 8.43. The molecule has 4 nitrogen and oxygen atoms in total. The summed E-state index contributed by atoms with van der Waals surface area (Å²) < 4.78 is 0. The first-order valence-corrected chi connectivity index (χ1v) is 8.29. The van der Waals surface area contributed by atoms with Gasteiger partial charge >= 0.3 is 0 Å². The summed E-state index contributed by atoms with van der Waals surface area (Å²) in [5.41, 5.74) is 0.0649. The summed E-state index contributed by atoms with van der Waals surface area (Å²) in [6.45, 7) is 10.2. The van der Waals surface area contributed by atoms with E-state index in [0.29, 0.717) is 0 Å². The van der Waals surface area contributed by atoms with E-state index in [2.05, 4.69) is 57.2 Å². The Kier molecular flexibility index (Phi) is 4.76. The number of rotatable bonds is 5. The maximum Gasteiger partial charge on any atom is 0.241 e. The molecule has 21 heavy (non-hydrogen) atoms. The molecule has 5 heteroatoms. The molecule has 1 aromatic heterocycles. The fourth-order valence-electron chi connectivity index (χ4n) is 3.15. The van der Waals surface area contributed by atoms with Crippen LogP contribution < -0.4 is 5.32 Å². The van der Waals surface area contributed by atoms with Crippen LogP contribution in [0.3, 0.4) is 0 Å². The first-order chi connectivity index (χ1) is 9.69. The molecule has 0 spiro atoms. The van der Waals surface area contributed by atoms with Crippen LogP contribution in [0.15, 0.2) is 12.1 Å². The Morgan fingerprint density at radius 3 is 2.57 bits per heavy atom. The summed E-state index contributed by atoms with van der Waals surface area (Å²) in [5.74, 6) is 0.206. The molecule has 0 saturated carbocycles. The zero-order chi connectivity index (χ0) is 15.8. The van der Waals surface area contributed by atoms with E-state index < -0.39 is 0 Å². The second-order valence-electron chi connectivity index (χ2n) is 7.11. The fraction of sp³-hybridized carbons (Fsp3) is 0.688. The number of aryl methyl sites for hydroxylation is 1. The fourth-order valence-corrected chi connectivity index (χ4v) is 4.10. The minimum Gasteiger partial charge on any atom is -0.320 e. The van der Waals surface area contributed by atoms with E-state index in [9.17, 15) is 4.79 Å². The Labute approximate surface area is 132 Å². The number of thiophene rings is 1. The highest BCUT2D eigenvalue weighted by molar-refractivity contribution is 7.12. The molecule has 2 rings (SSSR count). The van der Waals surface area contributed by atoms with Gasteiger partial charge in [-0.15, -0.1) is 11.3 Å². The Hall–Kier alpha value is -0.910. The third-order valence-corrected chi connectivity index (χ3v) is 4.80. The molecule has 1 aromatic rings. The zero-order valence-corrected chi connectivity index (χ0v) is 14.8. The molecular weight excluding hydrogens is 282 g/mol. The van der Waals surface area contributed by atoms with Crippen LogP contribution in [0.4, 0.5) is 0 Å². The van der Waals surface area contributed by atoms with Crippen molar-refractivity contribution in [3.8, 4) is 0 Å². The normalized spacial score (nSPS) is 23.4. The van der Waals surface area contributed by atoms with Crippen LogP contribution in [0.5, 0.6) is 0 Å². The van der Waals surface area contributed by atoms with Crippen LogP contribution in [0.1, 0.15) is 36.7 Å². The van der Waals surface area contributed by atoms with Gasteiger partial charge in [-0.25, -0.2) is 0 Å². The van der Waals surface area contributed by atoms with Crippen LogP contribution in [0, 0.1) is 12.3 Å². The first kappa shape index (κ1) is 16.5. The summed E-state index contributed by atoms with van der Waals surface area (Å²) in [4.78, 5) is 19.2. The van der Waals surface area contributed by atoms with E-state index in [4.69, 9.17) is 0 Å². The van der Waals surface area contributed by atoms with Crippen molar-refractivity contribution < 1.29 is 4.79 Å². The van der Waals surface area contributed by atoms with Crippen molar-refractivity contribution in [1.29, 1.82) is 0 Å². The van der Waals surface area contributed by atoms with Gasteiger partial charge in [-0.3, -0.25) is 10.1 Å². The molecule has 0 bridgehead atoms. The van der Waals surface area contributed by atoms with Gasteiger partial charge in [0.2, 0.25) is 5.91 Å². The van der Waals surface area contributed by atoms with Crippen molar-refractivity contribution in [2.45, 2.75) is 39.9 Å². The number of amides is 1. The number of carbonyl (C=O) groups is 1. The van der Waals surface area contributed by atoms with Crippen LogP contribution in [0.25, 0.3) is 0 Å². The minimum atomic E-state index is -0.104. The van der Waals surface area contributed by atoms with Crippen molar-refractivity contribution in [2.75, 3.05) is 27.2 Å². The molecule has 1 saturated heterocycles. The van der Waals surface area contributed by atoms with Crippen LogP contribution >= 0.6 is 11.3 Å². The molecule has 1 fully saturated rings. The summed E-state index contributed by atoms with van der Waals surface area (Å²) in [5, 5.41) is 3.43. The largest absolute Gasteiger partial charge is 0.320 e. The highest BCUT2D eigenvalue weighted by Crippen LogP contribution is 2.33. The second kappa shape index (κ2) is 6.07. The average Bonchev–Trinajstić information content (AvgIpc) is 2.86. The van der Waals surface area contributed by atoms with Crippen molar-refractivity contribution in [2.24, 2.45) is 5.41 Å². The molecule has 2 unspecified atom stereocenters. The van der Waals surface area contributed by atoms with Gasteiger partial charge in [-0.2, -0.15) is 0 Å². The molecule has 118 valence electrons. The molecule has 0 radical (unpaired) electrons. The van der Waals surface area contributed by atoms with E-state index in [1.165, 1.54) is 9.75 Å². The third-order valence-electron chi connectivity index (χ3n) is 3.75.